The number of ether oxygens (including phenoxy) is 1. The summed E-state index contributed by atoms with van der Waals surface area (Å²) in [5, 5.41) is 3.16. The summed E-state index contributed by atoms with van der Waals surface area (Å²) >= 11 is 0. The first-order valence-electron chi connectivity index (χ1n) is 5.94. The maximum atomic E-state index is 11.0. The van der Waals surface area contributed by atoms with E-state index in [0.29, 0.717) is 31.6 Å². The molecule has 92 valence electrons. The summed E-state index contributed by atoms with van der Waals surface area (Å²) in [5.74, 6) is 0.219. The van der Waals surface area contributed by atoms with Crippen molar-refractivity contribution in [2.45, 2.75) is 45.1 Å². The summed E-state index contributed by atoms with van der Waals surface area (Å²) in [5.41, 5.74) is 5.70. The molecule has 0 aromatic carbocycles. The number of aliphatic imine (C=N–C) groups is 1. The minimum Gasteiger partial charge on any atom is -0.466 e. The molecule has 0 amide bonds. The topological polar surface area (TPSA) is 76.7 Å². The Bertz CT molecular complexity index is 248. The van der Waals surface area contributed by atoms with E-state index >= 15 is 0 Å². The lowest BCUT2D eigenvalue weighted by Crippen LogP contribution is -2.38. The van der Waals surface area contributed by atoms with E-state index in [1.807, 2.05) is 0 Å². The van der Waals surface area contributed by atoms with Crippen LogP contribution in [0.3, 0.4) is 0 Å². The van der Waals surface area contributed by atoms with Crippen LogP contribution in [0.2, 0.25) is 0 Å². The first kappa shape index (κ1) is 12.8. The van der Waals surface area contributed by atoms with E-state index in [2.05, 4.69) is 10.3 Å². The predicted molar refractivity (Wildman–Crippen MR) is 63.1 cm³/mol. The molecule has 1 rings (SSSR count). The molecular formula is C11H21N3O2. The molecule has 5 nitrogen and oxygen atoms in total. The molecule has 0 aromatic rings. The lowest BCUT2D eigenvalue weighted by molar-refractivity contribution is -0.142. The highest BCUT2D eigenvalue weighted by molar-refractivity contribution is 5.78. The Balaban J connectivity index is 2.14. The number of hydrogen-bond acceptors (Lipinski definition) is 3. The number of rotatable bonds is 5. The van der Waals surface area contributed by atoms with Gasteiger partial charge in [-0.05, 0) is 19.8 Å². The number of guanidine groups is 1. The molecule has 0 saturated heterocycles. The summed E-state index contributed by atoms with van der Waals surface area (Å²) in [4.78, 5) is 15.1. The summed E-state index contributed by atoms with van der Waals surface area (Å²) in [6.07, 6.45) is 5.13. The number of nitrogens with one attached hydrogen (secondary N) is 1. The van der Waals surface area contributed by atoms with Gasteiger partial charge in [-0.25, -0.2) is 0 Å². The quantitative estimate of drug-likeness (QED) is 0.413. The molecular weight excluding hydrogens is 206 g/mol. The first-order chi connectivity index (χ1) is 7.72. The molecule has 1 aliphatic rings. The van der Waals surface area contributed by atoms with Crippen LogP contribution in [0.15, 0.2) is 4.99 Å². The molecule has 0 radical (unpaired) electrons. The fourth-order valence-electron chi connectivity index (χ4n) is 1.83. The molecule has 0 spiro atoms. The Morgan fingerprint density at radius 2 is 2.19 bits per heavy atom. The van der Waals surface area contributed by atoms with Gasteiger partial charge in [-0.2, -0.15) is 0 Å². The van der Waals surface area contributed by atoms with Gasteiger partial charge in [0.15, 0.2) is 5.96 Å². The summed E-state index contributed by atoms with van der Waals surface area (Å²) in [7, 11) is 0. The van der Waals surface area contributed by atoms with Gasteiger partial charge < -0.3 is 15.8 Å². The molecule has 0 aliphatic heterocycles. The van der Waals surface area contributed by atoms with Crippen LogP contribution in [0.5, 0.6) is 0 Å². The van der Waals surface area contributed by atoms with Crippen molar-refractivity contribution in [3.05, 3.63) is 0 Å². The summed E-state index contributed by atoms with van der Waals surface area (Å²) in [6, 6.07) is 0.464. The molecule has 0 atom stereocenters. The van der Waals surface area contributed by atoms with Crippen LogP contribution in [0.1, 0.15) is 39.0 Å². The van der Waals surface area contributed by atoms with Crippen LogP contribution in [0.4, 0.5) is 0 Å². The van der Waals surface area contributed by atoms with E-state index in [1.165, 1.54) is 12.8 Å². The number of hydrogen-bond donors (Lipinski definition) is 2. The normalized spacial score (nSPS) is 17.4. The SMILES string of the molecule is CCOC(=O)CCN=C(N)NC1CCCC1. The standard InChI is InChI=1S/C11H21N3O2/c1-2-16-10(15)7-8-13-11(12)14-9-5-3-4-6-9/h9H,2-8H2,1H3,(H3,12,13,14). The Hall–Kier alpha value is -1.26. The molecule has 1 aliphatic carbocycles. The van der Waals surface area contributed by atoms with E-state index in [0.717, 1.165) is 12.8 Å². The maximum Gasteiger partial charge on any atom is 0.307 e. The van der Waals surface area contributed by atoms with Gasteiger partial charge in [0.2, 0.25) is 0 Å². The molecule has 1 fully saturated rings. The molecule has 0 heterocycles. The van der Waals surface area contributed by atoms with Crippen LogP contribution >= 0.6 is 0 Å². The highest BCUT2D eigenvalue weighted by Crippen LogP contribution is 2.17. The lowest BCUT2D eigenvalue weighted by Gasteiger charge is -2.11. The molecule has 1 saturated carbocycles. The van der Waals surface area contributed by atoms with E-state index in [1.54, 1.807) is 6.92 Å². The Morgan fingerprint density at radius 3 is 2.81 bits per heavy atom. The summed E-state index contributed by atoms with van der Waals surface area (Å²) < 4.78 is 4.79. The number of carbonyl (C=O) groups excluding carboxylic acids is 1. The van der Waals surface area contributed by atoms with Gasteiger partial charge in [0.1, 0.15) is 0 Å². The second-order valence-electron chi connectivity index (χ2n) is 3.95. The van der Waals surface area contributed by atoms with Crippen LogP contribution in [0.25, 0.3) is 0 Å². The van der Waals surface area contributed by atoms with Gasteiger partial charge in [-0.1, -0.05) is 12.8 Å². The zero-order valence-corrected chi connectivity index (χ0v) is 9.87. The third kappa shape index (κ3) is 5.00. The second kappa shape index (κ2) is 7.09. The lowest BCUT2D eigenvalue weighted by atomic mass is 10.2. The second-order valence-corrected chi connectivity index (χ2v) is 3.95. The van der Waals surface area contributed by atoms with E-state index in [4.69, 9.17) is 10.5 Å². The van der Waals surface area contributed by atoms with Gasteiger partial charge in [0.05, 0.1) is 19.6 Å². The van der Waals surface area contributed by atoms with Crippen molar-refractivity contribution in [1.82, 2.24) is 5.32 Å². The van der Waals surface area contributed by atoms with Gasteiger partial charge in [-0.3, -0.25) is 9.79 Å². The zero-order chi connectivity index (χ0) is 11.8. The fourth-order valence-corrected chi connectivity index (χ4v) is 1.83. The summed E-state index contributed by atoms with van der Waals surface area (Å²) in [6.45, 7) is 2.60. The minimum absolute atomic E-state index is 0.222. The Kier molecular flexibility index (Phi) is 5.67. The van der Waals surface area contributed by atoms with Gasteiger partial charge in [0.25, 0.3) is 0 Å². The predicted octanol–water partition coefficient (Wildman–Crippen LogP) is 0.786. The Labute approximate surface area is 96.4 Å². The van der Waals surface area contributed by atoms with Gasteiger partial charge >= 0.3 is 5.97 Å². The average molecular weight is 227 g/mol. The Morgan fingerprint density at radius 1 is 1.50 bits per heavy atom. The fraction of sp³-hybridized carbons (Fsp3) is 0.818. The van der Waals surface area contributed by atoms with E-state index in [-0.39, 0.29) is 5.97 Å². The van der Waals surface area contributed by atoms with Crippen molar-refractivity contribution in [3.8, 4) is 0 Å². The van der Waals surface area contributed by atoms with Crippen LogP contribution in [-0.4, -0.2) is 31.1 Å². The van der Waals surface area contributed by atoms with Gasteiger partial charge in [0, 0.05) is 6.04 Å². The number of nitrogens with zero attached hydrogens (tertiary/aromatic N) is 1. The van der Waals surface area contributed by atoms with Crippen molar-refractivity contribution in [1.29, 1.82) is 0 Å². The van der Waals surface area contributed by atoms with Crippen molar-refractivity contribution in [3.63, 3.8) is 0 Å². The molecule has 0 aromatic heterocycles. The largest absolute Gasteiger partial charge is 0.466 e. The van der Waals surface area contributed by atoms with Crippen molar-refractivity contribution < 1.29 is 9.53 Å². The van der Waals surface area contributed by atoms with Crippen molar-refractivity contribution in [2.24, 2.45) is 10.7 Å². The monoisotopic (exact) mass is 227 g/mol. The third-order valence-electron chi connectivity index (χ3n) is 2.61. The van der Waals surface area contributed by atoms with Crippen molar-refractivity contribution in [2.75, 3.05) is 13.2 Å². The highest BCUT2D eigenvalue weighted by atomic mass is 16.5. The maximum absolute atomic E-state index is 11.0. The molecule has 0 unspecified atom stereocenters. The molecule has 3 N–H and O–H groups in total. The van der Waals surface area contributed by atoms with E-state index in [9.17, 15) is 4.79 Å². The van der Waals surface area contributed by atoms with Crippen LogP contribution < -0.4 is 11.1 Å². The van der Waals surface area contributed by atoms with E-state index < -0.39 is 0 Å². The first-order valence-corrected chi connectivity index (χ1v) is 5.94. The molecule has 5 heteroatoms. The molecule has 16 heavy (non-hydrogen) atoms. The molecule has 0 bridgehead atoms. The van der Waals surface area contributed by atoms with Crippen LogP contribution in [-0.2, 0) is 9.53 Å². The van der Waals surface area contributed by atoms with Crippen LogP contribution in [0, 0.1) is 0 Å². The number of carbonyl (C=O) groups is 1. The zero-order valence-electron chi connectivity index (χ0n) is 9.87. The number of esters is 1. The minimum atomic E-state index is -0.222. The smallest absolute Gasteiger partial charge is 0.307 e. The van der Waals surface area contributed by atoms with Crippen molar-refractivity contribution >= 4 is 11.9 Å². The average Bonchev–Trinajstić information content (AvgIpc) is 2.70. The van der Waals surface area contributed by atoms with Gasteiger partial charge in [-0.15, -0.1) is 0 Å². The highest BCUT2D eigenvalue weighted by Gasteiger charge is 2.14. The number of nitrogens with two attached hydrogens (primary N) is 1. The third-order valence-corrected chi connectivity index (χ3v) is 2.61.